The molecule has 0 aromatic heterocycles. The second-order valence-electron chi connectivity index (χ2n) is 1.68. The molecule has 0 fully saturated rings. The molecule has 0 amide bonds. The fourth-order valence-corrected chi connectivity index (χ4v) is 0.689. The number of hydrogen-bond acceptors (Lipinski definition) is 2. The maximum atomic E-state index is 5.54. The Morgan fingerprint density at radius 2 is 2.38 bits per heavy atom. The summed E-state index contributed by atoms with van der Waals surface area (Å²) in [7, 11) is 0.574. The Kier molecular flexibility index (Phi) is 5.37. The molecule has 8 heavy (non-hydrogen) atoms. The third-order valence-electron chi connectivity index (χ3n) is 0.966. The van der Waals surface area contributed by atoms with Crippen molar-refractivity contribution in [3.8, 4) is 0 Å². The molecule has 0 saturated heterocycles. The minimum absolute atomic E-state index is 0.238. The summed E-state index contributed by atoms with van der Waals surface area (Å²) in [6.45, 7) is 4.78. The van der Waals surface area contributed by atoms with E-state index in [-0.39, 0.29) is 6.04 Å². The topological polar surface area (TPSA) is 35.2 Å². The van der Waals surface area contributed by atoms with Gasteiger partial charge in [0.05, 0.1) is 0 Å². The van der Waals surface area contributed by atoms with E-state index in [2.05, 4.69) is 6.92 Å². The van der Waals surface area contributed by atoms with E-state index in [1.165, 1.54) is 0 Å². The van der Waals surface area contributed by atoms with Gasteiger partial charge in [0, 0.05) is 12.6 Å². The monoisotopic (exact) mass is 131 g/mol. The van der Waals surface area contributed by atoms with E-state index < -0.39 is 0 Å². The Bertz CT molecular complexity index is 51.7. The SMILES string of the molecule is CCC(N)CO[Si]C. The van der Waals surface area contributed by atoms with Crippen LogP contribution < -0.4 is 5.73 Å². The van der Waals surface area contributed by atoms with Gasteiger partial charge in [-0.2, -0.15) is 0 Å². The van der Waals surface area contributed by atoms with Crippen molar-refractivity contribution in [1.82, 2.24) is 0 Å². The number of rotatable bonds is 4. The number of nitrogens with two attached hydrogens (primary N) is 1. The van der Waals surface area contributed by atoms with Crippen molar-refractivity contribution in [3.63, 3.8) is 0 Å². The van der Waals surface area contributed by atoms with Crippen molar-refractivity contribution in [2.24, 2.45) is 5.73 Å². The van der Waals surface area contributed by atoms with E-state index in [0.29, 0.717) is 16.4 Å². The van der Waals surface area contributed by atoms with Crippen molar-refractivity contribution < 1.29 is 4.43 Å². The molecule has 0 rings (SSSR count). The Morgan fingerprint density at radius 3 is 2.75 bits per heavy atom. The van der Waals surface area contributed by atoms with Crippen LogP contribution in [0.15, 0.2) is 0 Å². The smallest absolute Gasteiger partial charge is 0.226 e. The molecule has 0 aliphatic carbocycles. The first-order valence-electron chi connectivity index (χ1n) is 2.85. The molecule has 2 radical (unpaired) electrons. The van der Waals surface area contributed by atoms with Crippen LogP contribution in [0.2, 0.25) is 6.55 Å². The van der Waals surface area contributed by atoms with Crippen molar-refractivity contribution in [2.45, 2.75) is 25.9 Å². The molecule has 0 saturated carbocycles. The van der Waals surface area contributed by atoms with Gasteiger partial charge < -0.3 is 10.2 Å². The van der Waals surface area contributed by atoms with Gasteiger partial charge in [-0.15, -0.1) is 0 Å². The Balaban J connectivity index is 2.86. The van der Waals surface area contributed by atoms with E-state index in [1.807, 2.05) is 6.55 Å². The molecule has 1 atom stereocenters. The van der Waals surface area contributed by atoms with Gasteiger partial charge in [-0.25, -0.2) is 0 Å². The first-order valence-corrected chi connectivity index (χ1v) is 4.26. The molecule has 0 aliphatic rings. The zero-order valence-corrected chi connectivity index (χ0v) is 6.48. The highest BCUT2D eigenvalue weighted by Gasteiger charge is 1.95. The van der Waals surface area contributed by atoms with Crippen LogP contribution in [0.3, 0.4) is 0 Å². The fourth-order valence-electron chi connectivity index (χ4n) is 0.308. The van der Waals surface area contributed by atoms with Gasteiger partial charge >= 0.3 is 0 Å². The summed E-state index contributed by atoms with van der Waals surface area (Å²) in [4.78, 5) is 0. The predicted molar refractivity (Wildman–Crippen MR) is 35.8 cm³/mol. The maximum Gasteiger partial charge on any atom is 0.226 e. The largest absolute Gasteiger partial charge is 0.416 e. The van der Waals surface area contributed by atoms with E-state index in [1.54, 1.807) is 0 Å². The number of hydrogen-bond donors (Lipinski definition) is 1. The summed E-state index contributed by atoms with van der Waals surface area (Å²) in [5.74, 6) is 0. The van der Waals surface area contributed by atoms with Gasteiger partial charge in [0.2, 0.25) is 9.76 Å². The molecule has 0 heterocycles. The normalized spacial score (nSPS) is 13.9. The molecular formula is C5H13NOSi. The minimum Gasteiger partial charge on any atom is -0.416 e. The highest BCUT2D eigenvalue weighted by molar-refractivity contribution is 6.24. The summed E-state index contributed by atoms with van der Waals surface area (Å²) in [5, 5.41) is 0. The van der Waals surface area contributed by atoms with Gasteiger partial charge in [-0.05, 0) is 13.0 Å². The van der Waals surface area contributed by atoms with Gasteiger partial charge in [0.1, 0.15) is 0 Å². The van der Waals surface area contributed by atoms with Gasteiger partial charge in [0.25, 0.3) is 0 Å². The van der Waals surface area contributed by atoms with Crippen LogP contribution in [-0.2, 0) is 4.43 Å². The molecule has 0 aliphatic heterocycles. The third-order valence-corrected chi connectivity index (χ3v) is 1.42. The van der Waals surface area contributed by atoms with Crippen molar-refractivity contribution in [3.05, 3.63) is 0 Å². The van der Waals surface area contributed by atoms with Gasteiger partial charge in [-0.3, -0.25) is 0 Å². The maximum absolute atomic E-state index is 5.54. The highest BCUT2D eigenvalue weighted by atomic mass is 28.2. The van der Waals surface area contributed by atoms with Gasteiger partial charge in [-0.1, -0.05) is 6.92 Å². The Hall–Kier alpha value is 0.137. The zero-order valence-electron chi connectivity index (χ0n) is 5.48. The molecule has 1 unspecified atom stereocenters. The van der Waals surface area contributed by atoms with Crippen LogP contribution in [0.1, 0.15) is 13.3 Å². The molecule has 3 heteroatoms. The molecule has 2 nitrogen and oxygen atoms in total. The van der Waals surface area contributed by atoms with Crippen molar-refractivity contribution in [1.29, 1.82) is 0 Å². The second-order valence-corrected chi connectivity index (χ2v) is 2.38. The average Bonchev–Trinajstić information content (AvgIpc) is 1.83. The second kappa shape index (κ2) is 5.28. The molecule has 0 spiro atoms. The van der Waals surface area contributed by atoms with Gasteiger partial charge in [0.15, 0.2) is 0 Å². The molecule has 0 aromatic rings. The van der Waals surface area contributed by atoms with E-state index >= 15 is 0 Å². The third kappa shape index (κ3) is 4.30. The molecule has 48 valence electrons. The van der Waals surface area contributed by atoms with Crippen LogP contribution in [-0.4, -0.2) is 22.4 Å². The fraction of sp³-hybridized carbons (Fsp3) is 1.00. The lowest BCUT2D eigenvalue weighted by molar-refractivity contribution is 0.302. The molecule has 2 N–H and O–H groups in total. The lowest BCUT2D eigenvalue weighted by Crippen LogP contribution is -2.25. The average molecular weight is 131 g/mol. The quantitative estimate of drug-likeness (QED) is 0.561. The Labute approximate surface area is 53.4 Å². The lowest BCUT2D eigenvalue weighted by atomic mass is 10.3. The van der Waals surface area contributed by atoms with Crippen LogP contribution >= 0.6 is 0 Å². The first kappa shape index (κ1) is 8.14. The lowest BCUT2D eigenvalue weighted by Gasteiger charge is -2.06. The van der Waals surface area contributed by atoms with Crippen LogP contribution in [0.4, 0.5) is 0 Å². The summed E-state index contributed by atoms with van der Waals surface area (Å²) in [5.41, 5.74) is 5.54. The van der Waals surface area contributed by atoms with E-state index in [4.69, 9.17) is 10.2 Å². The highest BCUT2D eigenvalue weighted by Crippen LogP contribution is 1.84. The van der Waals surface area contributed by atoms with E-state index in [9.17, 15) is 0 Å². The summed E-state index contributed by atoms with van der Waals surface area (Å²) in [6.07, 6.45) is 1.00. The summed E-state index contributed by atoms with van der Waals surface area (Å²) < 4.78 is 5.09. The van der Waals surface area contributed by atoms with E-state index in [0.717, 1.165) is 6.42 Å². The molecule has 0 bridgehead atoms. The predicted octanol–water partition coefficient (Wildman–Crippen LogP) is 0.408. The van der Waals surface area contributed by atoms with Crippen molar-refractivity contribution >= 4 is 9.76 Å². The van der Waals surface area contributed by atoms with Crippen molar-refractivity contribution in [2.75, 3.05) is 6.61 Å². The standard InChI is InChI=1S/C5H13NOSi/c1-3-5(6)4-7-8-2/h5H,3-4,6H2,1-2H3. The first-order chi connectivity index (χ1) is 3.81. The van der Waals surface area contributed by atoms with Crippen LogP contribution in [0.25, 0.3) is 0 Å². The minimum atomic E-state index is 0.238. The zero-order chi connectivity index (χ0) is 6.41. The molecule has 0 aromatic carbocycles. The van der Waals surface area contributed by atoms with Crippen LogP contribution in [0, 0.1) is 0 Å². The summed E-state index contributed by atoms with van der Waals surface area (Å²) >= 11 is 0. The summed E-state index contributed by atoms with van der Waals surface area (Å²) in [6, 6.07) is 0.238. The Morgan fingerprint density at radius 1 is 1.75 bits per heavy atom. The van der Waals surface area contributed by atoms with Crippen LogP contribution in [0.5, 0.6) is 0 Å². The molecular weight excluding hydrogens is 118 g/mol.